The average molecular weight is 438 g/mol. The minimum atomic E-state index is -0.506. The number of carbonyl (C=O) groups excluding carboxylic acids is 1. The molecular formula is C22H27N7O3. The molecule has 2 aromatic heterocycles. The summed E-state index contributed by atoms with van der Waals surface area (Å²) in [5, 5.41) is 3.43. The number of aromatic nitrogens is 4. The maximum Gasteiger partial charge on any atom is 0.239 e. The number of aryl methyl sites for hydroxylation is 1. The number of nitrogens with two attached hydrogens (primary N) is 1. The molecule has 3 aromatic rings. The zero-order chi connectivity index (χ0) is 22.5. The first-order valence-electron chi connectivity index (χ1n) is 10.5. The minimum absolute atomic E-state index is 0.269. The van der Waals surface area contributed by atoms with Crippen molar-refractivity contribution in [2.75, 3.05) is 24.8 Å². The summed E-state index contributed by atoms with van der Waals surface area (Å²) in [4.78, 5) is 27.0. The second kappa shape index (κ2) is 9.65. The van der Waals surface area contributed by atoms with Gasteiger partial charge in [0.25, 0.3) is 0 Å². The minimum Gasteiger partial charge on any atom is -0.454 e. The number of benzene rings is 1. The van der Waals surface area contributed by atoms with E-state index in [1.54, 1.807) is 30.2 Å². The van der Waals surface area contributed by atoms with Crippen LogP contribution < -0.4 is 25.4 Å². The molecule has 32 heavy (non-hydrogen) atoms. The van der Waals surface area contributed by atoms with Crippen LogP contribution in [0.2, 0.25) is 0 Å². The van der Waals surface area contributed by atoms with Crippen LogP contribution in [0.3, 0.4) is 0 Å². The first-order chi connectivity index (χ1) is 15.5. The molecule has 1 unspecified atom stereocenters. The Hall–Kier alpha value is -3.66. The summed E-state index contributed by atoms with van der Waals surface area (Å²) in [6, 6.07) is 7.28. The van der Waals surface area contributed by atoms with E-state index < -0.39 is 11.9 Å². The molecule has 0 radical (unpaired) electrons. The highest BCUT2D eigenvalue weighted by atomic mass is 16.7. The number of ether oxygens (including phenoxy) is 2. The summed E-state index contributed by atoms with van der Waals surface area (Å²) in [5.41, 5.74) is 7.53. The second-order valence-electron chi connectivity index (χ2n) is 7.63. The first kappa shape index (κ1) is 21.6. The van der Waals surface area contributed by atoms with Gasteiger partial charge < -0.3 is 25.4 Å². The number of rotatable bonds is 10. The molecule has 1 atom stereocenters. The lowest BCUT2D eigenvalue weighted by atomic mass is 10.2. The Balaban J connectivity index is 1.39. The third-order valence-electron chi connectivity index (χ3n) is 5.26. The van der Waals surface area contributed by atoms with Crippen LogP contribution in [-0.4, -0.2) is 51.4 Å². The monoisotopic (exact) mass is 437 g/mol. The third-order valence-corrected chi connectivity index (χ3v) is 5.26. The molecule has 4 rings (SSSR count). The highest BCUT2D eigenvalue weighted by Gasteiger charge is 2.21. The van der Waals surface area contributed by atoms with E-state index in [0.29, 0.717) is 24.9 Å². The van der Waals surface area contributed by atoms with Crippen LogP contribution in [0.25, 0.3) is 5.95 Å². The van der Waals surface area contributed by atoms with Crippen LogP contribution in [0.15, 0.2) is 43.0 Å². The van der Waals surface area contributed by atoms with Crippen molar-refractivity contribution in [1.29, 1.82) is 0 Å². The van der Waals surface area contributed by atoms with Crippen LogP contribution >= 0.6 is 0 Å². The van der Waals surface area contributed by atoms with Gasteiger partial charge in [0, 0.05) is 37.2 Å². The molecule has 10 heteroatoms. The predicted molar refractivity (Wildman–Crippen MR) is 119 cm³/mol. The first-order valence-corrected chi connectivity index (χ1v) is 10.5. The third kappa shape index (κ3) is 4.97. The van der Waals surface area contributed by atoms with Crippen molar-refractivity contribution in [1.82, 2.24) is 24.8 Å². The topological polar surface area (TPSA) is 120 Å². The van der Waals surface area contributed by atoms with Gasteiger partial charge in [-0.25, -0.2) is 9.97 Å². The van der Waals surface area contributed by atoms with Gasteiger partial charge in [0.2, 0.25) is 18.6 Å². The largest absolute Gasteiger partial charge is 0.454 e. The van der Waals surface area contributed by atoms with Crippen LogP contribution in [-0.2, 0) is 11.3 Å². The molecule has 3 heterocycles. The maximum atomic E-state index is 12.0. The van der Waals surface area contributed by atoms with E-state index in [1.807, 2.05) is 36.1 Å². The molecule has 1 aliphatic heterocycles. The Morgan fingerprint density at radius 2 is 2.12 bits per heavy atom. The lowest BCUT2D eigenvalue weighted by Gasteiger charge is -2.28. The lowest BCUT2D eigenvalue weighted by Crippen LogP contribution is -2.44. The number of hydrogen-bond acceptors (Lipinski definition) is 8. The fourth-order valence-electron chi connectivity index (χ4n) is 3.49. The Bertz CT molecular complexity index is 1070. The van der Waals surface area contributed by atoms with Gasteiger partial charge in [-0.1, -0.05) is 6.07 Å². The number of carbonyl (C=O) groups is 1. The summed E-state index contributed by atoms with van der Waals surface area (Å²) in [7, 11) is 0. The summed E-state index contributed by atoms with van der Waals surface area (Å²) in [6.07, 6.45) is 5.88. The Labute approximate surface area is 186 Å². The summed E-state index contributed by atoms with van der Waals surface area (Å²) >= 11 is 0. The van der Waals surface area contributed by atoms with E-state index in [0.717, 1.165) is 35.7 Å². The predicted octanol–water partition coefficient (Wildman–Crippen LogP) is 1.56. The quantitative estimate of drug-likeness (QED) is 0.459. The molecule has 0 aliphatic carbocycles. The highest BCUT2D eigenvalue weighted by Crippen LogP contribution is 2.32. The fraction of sp³-hybridized carbons (Fsp3) is 0.364. The molecular weight excluding hydrogens is 410 g/mol. The van der Waals surface area contributed by atoms with Gasteiger partial charge in [0.1, 0.15) is 18.2 Å². The number of amides is 1. The molecule has 0 spiro atoms. The molecule has 0 fully saturated rings. The molecule has 3 N–H and O–H groups in total. The van der Waals surface area contributed by atoms with Gasteiger partial charge in [-0.3, -0.25) is 9.36 Å². The van der Waals surface area contributed by atoms with Crippen molar-refractivity contribution < 1.29 is 14.3 Å². The number of fused-ring (bicyclic) bond motifs is 1. The Morgan fingerprint density at radius 3 is 2.91 bits per heavy atom. The Kier molecular flexibility index (Phi) is 6.50. The number of anilines is 1. The molecule has 168 valence electrons. The number of nitrogens with zero attached hydrogens (tertiary/aromatic N) is 5. The standard InChI is InChI=1S/C22H27N7O3/c1-15-10-20(27-22(26-15)28-9-7-25-13-28)29(16(2)21(23)30)8-3-6-24-12-17-4-5-18-19(11-17)32-14-31-18/h4-5,7,9-11,13,16,24H,3,6,8,12,14H2,1-2H3,(H2,23,30). The molecule has 0 bridgehead atoms. The van der Waals surface area contributed by atoms with Gasteiger partial charge in [-0.2, -0.15) is 4.98 Å². The maximum absolute atomic E-state index is 12.0. The van der Waals surface area contributed by atoms with Crippen molar-refractivity contribution in [2.24, 2.45) is 5.73 Å². The molecule has 0 saturated heterocycles. The molecule has 1 amide bonds. The van der Waals surface area contributed by atoms with Crippen molar-refractivity contribution in [2.45, 2.75) is 32.9 Å². The average Bonchev–Trinajstić information content (AvgIpc) is 3.47. The highest BCUT2D eigenvalue weighted by molar-refractivity contribution is 5.82. The van der Waals surface area contributed by atoms with Crippen LogP contribution in [0.5, 0.6) is 11.5 Å². The summed E-state index contributed by atoms with van der Waals surface area (Å²) < 4.78 is 12.5. The van der Waals surface area contributed by atoms with Crippen molar-refractivity contribution in [3.8, 4) is 17.4 Å². The summed E-state index contributed by atoms with van der Waals surface area (Å²) in [5.74, 6) is 2.31. The van der Waals surface area contributed by atoms with Crippen molar-refractivity contribution >= 4 is 11.7 Å². The van der Waals surface area contributed by atoms with E-state index in [-0.39, 0.29) is 6.79 Å². The van der Waals surface area contributed by atoms with E-state index in [9.17, 15) is 4.79 Å². The van der Waals surface area contributed by atoms with E-state index >= 15 is 0 Å². The number of imidazole rings is 1. The zero-order valence-corrected chi connectivity index (χ0v) is 18.2. The van der Waals surface area contributed by atoms with Crippen LogP contribution in [0.4, 0.5) is 5.82 Å². The fourth-order valence-corrected chi connectivity index (χ4v) is 3.49. The van der Waals surface area contributed by atoms with Crippen LogP contribution in [0.1, 0.15) is 24.6 Å². The van der Waals surface area contributed by atoms with E-state index in [2.05, 4.69) is 20.3 Å². The van der Waals surface area contributed by atoms with E-state index in [4.69, 9.17) is 15.2 Å². The molecule has 1 aliphatic rings. The van der Waals surface area contributed by atoms with Gasteiger partial charge in [-0.15, -0.1) is 0 Å². The normalized spacial score (nSPS) is 13.2. The lowest BCUT2D eigenvalue weighted by molar-refractivity contribution is -0.119. The number of nitrogens with one attached hydrogen (secondary N) is 1. The van der Waals surface area contributed by atoms with Gasteiger partial charge in [0.05, 0.1) is 0 Å². The zero-order valence-electron chi connectivity index (χ0n) is 18.2. The molecule has 0 saturated carbocycles. The summed E-state index contributed by atoms with van der Waals surface area (Å²) in [6.45, 7) is 6.03. The van der Waals surface area contributed by atoms with Gasteiger partial charge in [-0.05, 0) is 44.5 Å². The second-order valence-corrected chi connectivity index (χ2v) is 7.63. The Morgan fingerprint density at radius 1 is 1.28 bits per heavy atom. The van der Waals surface area contributed by atoms with Crippen LogP contribution in [0, 0.1) is 6.92 Å². The smallest absolute Gasteiger partial charge is 0.239 e. The van der Waals surface area contributed by atoms with Gasteiger partial charge in [0.15, 0.2) is 11.5 Å². The number of hydrogen-bond donors (Lipinski definition) is 2. The molecule has 1 aromatic carbocycles. The van der Waals surface area contributed by atoms with Crippen molar-refractivity contribution in [3.05, 3.63) is 54.2 Å². The van der Waals surface area contributed by atoms with Crippen molar-refractivity contribution in [3.63, 3.8) is 0 Å². The van der Waals surface area contributed by atoms with E-state index in [1.165, 1.54) is 0 Å². The number of primary amides is 1. The van der Waals surface area contributed by atoms with Gasteiger partial charge >= 0.3 is 0 Å². The SMILES string of the molecule is Cc1cc(N(CCCNCc2ccc3c(c2)OCO3)C(C)C(N)=O)nc(-n2ccnc2)n1. The molecule has 10 nitrogen and oxygen atoms in total.